The van der Waals surface area contributed by atoms with Gasteiger partial charge in [-0.3, -0.25) is 0 Å². The van der Waals surface area contributed by atoms with E-state index in [1.165, 1.54) is 0 Å². The van der Waals surface area contributed by atoms with Gasteiger partial charge in [-0.25, -0.2) is 0 Å². The van der Waals surface area contributed by atoms with Crippen LogP contribution in [0.3, 0.4) is 0 Å². The van der Waals surface area contributed by atoms with Crippen molar-refractivity contribution in [3.63, 3.8) is 0 Å². The highest BCUT2D eigenvalue weighted by Gasteiger charge is 2.25. The van der Waals surface area contributed by atoms with Crippen LogP contribution in [-0.4, -0.2) is 17.1 Å². The number of halogens is 1. The monoisotopic (exact) mass is 356 g/mol. The molecular formula is C22H25FO3. The van der Waals surface area contributed by atoms with Gasteiger partial charge in [-0.1, -0.05) is 38.1 Å². The van der Waals surface area contributed by atoms with Gasteiger partial charge in [0.25, 0.3) is 0 Å². The normalized spacial score (nSPS) is 13.5. The predicted octanol–water partition coefficient (Wildman–Crippen LogP) is 5.20. The van der Waals surface area contributed by atoms with Crippen molar-refractivity contribution in [3.8, 4) is 23.5 Å². The first-order chi connectivity index (χ1) is 12.1. The summed E-state index contributed by atoms with van der Waals surface area (Å²) in [7, 11) is 0. The van der Waals surface area contributed by atoms with Crippen LogP contribution in [0.4, 0.5) is 4.39 Å². The predicted molar refractivity (Wildman–Crippen MR) is 101 cm³/mol. The third-order valence-electron chi connectivity index (χ3n) is 4.11. The molecule has 0 radical (unpaired) electrons. The molecule has 1 unspecified atom stereocenters. The Bertz CT molecular complexity index is 779. The molecule has 1 N–H and O–H groups in total. The van der Waals surface area contributed by atoms with Gasteiger partial charge in [0.1, 0.15) is 17.6 Å². The molecule has 0 heterocycles. The van der Waals surface area contributed by atoms with Crippen LogP contribution in [0.15, 0.2) is 48.5 Å². The van der Waals surface area contributed by atoms with Crippen LogP contribution in [0.1, 0.15) is 45.7 Å². The first-order valence-corrected chi connectivity index (χ1v) is 8.56. The molecule has 26 heavy (non-hydrogen) atoms. The summed E-state index contributed by atoms with van der Waals surface area (Å²) in [6.07, 6.45) is 1.68. The van der Waals surface area contributed by atoms with Gasteiger partial charge in [0, 0.05) is 18.3 Å². The standard InChI is InChI=1S/C22H25FO3/c1-16(2)25-19-10-6-17(7-11-19)21(3,4)18-8-12-20(13-9-18)26-22(5,23)14-15-24/h6-13,16,24H,1-5H3. The molecule has 0 spiro atoms. The molecule has 2 rings (SSSR count). The Hall–Kier alpha value is -2.67. The van der Waals surface area contributed by atoms with E-state index in [0.717, 1.165) is 23.8 Å². The van der Waals surface area contributed by atoms with E-state index in [1.54, 1.807) is 18.2 Å². The smallest absolute Gasteiger partial charge is 0.312 e. The highest BCUT2D eigenvalue weighted by Crippen LogP contribution is 2.34. The minimum atomic E-state index is -2.24. The van der Waals surface area contributed by atoms with Gasteiger partial charge < -0.3 is 14.6 Å². The average Bonchev–Trinajstić information content (AvgIpc) is 2.55. The number of rotatable bonds is 6. The summed E-state index contributed by atoms with van der Waals surface area (Å²) in [6.45, 7) is 9.39. The number of aliphatic hydroxyl groups excluding tert-OH is 1. The van der Waals surface area contributed by atoms with Crippen molar-refractivity contribution in [3.05, 3.63) is 59.7 Å². The van der Waals surface area contributed by atoms with Crippen molar-refractivity contribution in [1.29, 1.82) is 0 Å². The van der Waals surface area contributed by atoms with E-state index in [2.05, 4.69) is 26.0 Å². The Morgan fingerprint density at radius 3 is 1.77 bits per heavy atom. The zero-order valence-electron chi connectivity index (χ0n) is 15.8. The van der Waals surface area contributed by atoms with E-state index in [9.17, 15) is 4.39 Å². The highest BCUT2D eigenvalue weighted by atomic mass is 19.2. The summed E-state index contributed by atoms with van der Waals surface area (Å²) in [4.78, 5) is 0. The van der Waals surface area contributed by atoms with Crippen molar-refractivity contribution in [2.75, 3.05) is 0 Å². The molecule has 0 bridgehead atoms. The lowest BCUT2D eigenvalue weighted by Crippen LogP contribution is -2.24. The molecule has 1 atom stereocenters. The van der Waals surface area contributed by atoms with Gasteiger partial charge in [-0.2, -0.15) is 4.39 Å². The van der Waals surface area contributed by atoms with Gasteiger partial charge in [-0.15, -0.1) is 0 Å². The Kier molecular flexibility index (Phi) is 5.82. The summed E-state index contributed by atoms with van der Waals surface area (Å²) >= 11 is 0. The topological polar surface area (TPSA) is 38.7 Å². The number of ether oxygens (including phenoxy) is 2. The van der Waals surface area contributed by atoms with Gasteiger partial charge in [0.05, 0.1) is 6.10 Å². The summed E-state index contributed by atoms with van der Waals surface area (Å²) < 4.78 is 24.8. The molecule has 2 aromatic rings. The number of alkyl halides is 1. The largest absolute Gasteiger partial charge is 0.491 e. The van der Waals surface area contributed by atoms with Crippen LogP contribution in [0.5, 0.6) is 11.5 Å². The van der Waals surface area contributed by atoms with Crippen LogP contribution < -0.4 is 9.47 Å². The fourth-order valence-corrected chi connectivity index (χ4v) is 2.68. The van der Waals surface area contributed by atoms with E-state index in [0.29, 0.717) is 5.75 Å². The van der Waals surface area contributed by atoms with Crippen molar-refractivity contribution < 1.29 is 19.0 Å². The second kappa shape index (κ2) is 7.70. The molecule has 0 saturated heterocycles. The molecule has 0 saturated carbocycles. The molecule has 0 aromatic heterocycles. The van der Waals surface area contributed by atoms with Gasteiger partial charge in [0.15, 0.2) is 0 Å². The molecule has 0 aliphatic rings. The molecular weight excluding hydrogens is 331 g/mol. The van der Waals surface area contributed by atoms with E-state index in [1.807, 2.05) is 44.0 Å². The molecule has 4 heteroatoms. The van der Waals surface area contributed by atoms with Crippen LogP contribution in [0, 0.1) is 12.0 Å². The lowest BCUT2D eigenvalue weighted by molar-refractivity contribution is 0.0129. The molecule has 0 aliphatic heterocycles. The summed E-state index contributed by atoms with van der Waals surface area (Å²) in [5.41, 5.74) is 1.97. The van der Waals surface area contributed by atoms with Gasteiger partial charge in [-0.05, 0) is 49.2 Å². The molecule has 2 aromatic carbocycles. The Balaban J connectivity index is 2.19. The Labute approximate surface area is 154 Å². The van der Waals surface area contributed by atoms with Crippen molar-refractivity contribution >= 4 is 0 Å². The maximum Gasteiger partial charge on any atom is 0.312 e. The molecule has 0 amide bonds. The Morgan fingerprint density at radius 1 is 0.885 bits per heavy atom. The molecule has 0 fully saturated rings. The lowest BCUT2D eigenvalue weighted by Gasteiger charge is -2.27. The summed E-state index contributed by atoms with van der Waals surface area (Å²) in [6, 6.07) is 15.2. The van der Waals surface area contributed by atoms with Crippen molar-refractivity contribution in [2.24, 2.45) is 0 Å². The third-order valence-corrected chi connectivity index (χ3v) is 4.11. The van der Waals surface area contributed by atoms with E-state index in [4.69, 9.17) is 14.6 Å². The van der Waals surface area contributed by atoms with Gasteiger partial charge in [0.2, 0.25) is 0 Å². The number of aliphatic hydroxyl groups is 1. The number of benzene rings is 2. The SMILES string of the molecule is CC(C)Oc1ccc(C(C)(C)c2ccc(OC(C)(F)C#CO)cc2)cc1. The molecule has 0 aliphatic carbocycles. The average molecular weight is 356 g/mol. The zero-order chi connectivity index (χ0) is 19.4. The minimum Gasteiger partial charge on any atom is -0.491 e. The molecule has 3 nitrogen and oxygen atoms in total. The van der Waals surface area contributed by atoms with E-state index < -0.39 is 5.85 Å². The highest BCUT2D eigenvalue weighted by molar-refractivity contribution is 5.42. The second-order valence-electron chi connectivity index (χ2n) is 7.10. The number of hydrogen-bond acceptors (Lipinski definition) is 3. The van der Waals surface area contributed by atoms with Crippen LogP contribution in [-0.2, 0) is 5.41 Å². The first kappa shape index (κ1) is 19.7. The van der Waals surface area contributed by atoms with Crippen molar-refractivity contribution in [1.82, 2.24) is 0 Å². The number of hydrogen-bond donors (Lipinski definition) is 1. The Morgan fingerprint density at radius 2 is 1.35 bits per heavy atom. The summed E-state index contributed by atoms with van der Waals surface area (Å²) in [5.74, 6) is 0.915. The van der Waals surface area contributed by atoms with Crippen molar-refractivity contribution in [2.45, 2.75) is 52.0 Å². The first-order valence-electron chi connectivity index (χ1n) is 8.56. The fraction of sp³-hybridized carbons (Fsp3) is 0.364. The summed E-state index contributed by atoms with van der Waals surface area (Å²) in [5, 5.41) is 8.53. The fourth-order valence-electron chi connectivity index (χ4n) is 2.68. The zero-order valence-corrected chi connectivity index (χ0v) is 15.8. The van der Waals surface area contributed by atoms with E-state index >= 15 is 0 Å². The maximum atomic E-state index is 13.9. The van der Waals surface area contributed by atoms with E-state index in [-0.39, 0.29) is 11.5 Å². The molecule has 138 valence electrons. The second-order valence-corrected chi connectivity index (χ2v) is 7.10. The van der Waals surface area contributed by atoms with Crippen LogP contribution >= 0.6 is 0 Å². The quantitative estimate of drug-likeness (QED) is 0.723. The van der Waals surface area contributed by atoms with Crippen LogP contribution in [0.25, 0.3) is 0 Å². The maximum absolute atomic E-state index is 13.9. The minimum absolute atomic E-state index is 0.137. The lowest BCUT2D eigenvalue weighted by atomic mass is 9.78. The van der Waals surface area contributed by atoms with Crippen LogP contribution in [0.2, 0.25) is 0 Å². The van der Waals surface area contributed by atoms with Gasteiger partial charge >= 0.3 is 5.85 Å². The third kappa shape index (κ3) is 4.92.